The summed E-state index contributed by atoms with van der Waals surface area (Å²) in [6, 6.07) is 8.12. The van der Waals surface area contributed by atoms with Crippen molar-refractivity contribution in [3.05, 3.63) is 59.5 Å². The van der Waals surface area contributed by atoms with Crippen molar-refractivity contribution in [1.82, 2.24) is 20.6 Å². The highest BCUT2D eigenvalue weighted by atomic mass is 19.4. The number of ether oxygens (including phenoxy) is 1. The highest BCUT2D eigenvalue weighted by Gasteiger charge is 2.57. The molecule has 0 saturated heterocycles. The van der Waals surface area contributed by atoms with Crippen molar-refractivity contribution in [3.63, 3.8) is 0 Å². The van der Waals surface area contributed by atoms with Crippen molar-refractivity contribution >= 4 is 28.7 Å². The summed E-state index contributed by atoms with van der Waals surface area (Å²) in [4.78, 5) is 34.8. The molecule has 0 atom stereocenters. The minimum atomic E-state index is -4.57. The molecule has 3 saturated carbocycles. The number of hydrogen-bond donors (Lipinski definition) is 3. The molecule has 4 aromatic rings. The molecule has 3 aliphatic carbocycles. The molecule has 3 heterocycles. The van der Waals surface area contributed by atoms with E-state index in [2.05, 4.69) is 25.9 Å². The van der Waals surface area contributed by atoms with Crippen molar-refractivity contribution < 1.29 is 36.3 Å². The second kappa shape index (κ2) is 10.00. The quantitative estimate of drug-likeness (QED) is 0.240. The first-order chi connectivity index (χ1) is 20.0. The summed E-state index contributed by atoms with van der Waals surface area (Å²) in [6.07, 6.45) is -0.521. The van der Waals surface area contributed by atoms with Crippen LogP contribution in [0.4, 0.5) is 23.4 Å². The van der Waals surface area contributed by atoms with Gasteiger partial charge in [-0.1, -0.05) is 0 Å². The molecule has 3 aliphatic rings. The maximum Gasteiger partial charge on any atom is 0.405 e. The van der Waals surface area contributed by atoms with E-state index in [1.54, 1.807) is 0 Å². The number of alkyl halides is 3. The maximum atomic E-state index is 13.6. The van der Waals surface area contributed by atoms with Gasteiger partial charge >= 0.3 is 6.18 Å². The number of fused-ring (bicyclic) bond motifs is 1. The molecule has 3 fully saturated rings. The number of halogens is 4. The minimum Gasteiger partial charge on any atom is -0.480 e. The van der Waals surface area contributed by atoms with Crippen LogP contribution >= 0.6 is 0 Å². The first kappa shape index (κ1) is 27.5. The van der Waals surface area contributed by atoms with Crippen LogP contribution in [-0.4, -0.2) is 54.2 Å². The van der Waals surface area contributed by atoms with Crippen LogP contribution in [0.1, 0.15) is 40.0 Å². The molecule has 3 N–H and O–H groups in total. The second-order valence-electron chi connectivity index (χ2n) is 10.6. The van der Waals surface area contributed by atoms with Gasteiger partial charge in [0.15, 0.2) is 0 Å². The molecule has 13 heteroatoms. The molecule has 0 aliphatic heterocycles. The van der Waals surface area contributed by atoms with Crippen LogP contribution in [-0.2, 0) is 0 Å². The molecule has 0 spiro atoms. The first-order valence-corrected chi connectivity index (χ1v) is 13.1. The van der Waals surface area contributed by atoms with Crippen LogP contribution in [0, 0.1) is 11.7 Å². The molecule has 0 unspecified atom stereocenters. The summed E-state index contributed by atoms with van der Waals surface area (Å²) < 4.78 is 64.5. The Morgan fingerprint density at radius 2 is 1.81 bits per heavy atom. The largest absolute Gasteiger partial charge is 0.480 e. The molecule has 3 aromatic heterocycles. The fourth-order valence-electron chi connectivity index (χ4n) is 5.58. The summed E-state index contributed by atoms with van der Waals surface area (Å²) >= 11 is 0. The van der Waals surface area contributed by atoms with E-state index in [1.165, 1.54) is 56.8 Å². The number of carbonyl (C=O) groups is 2. The molecule has 0 radical (unpaired) electrons. The van der Waals surface area contributed by atoms with Crippen molar-refractivity contribution in [2.75, 3.05) is 26.0 Å². The van der Waals surface area contributed by atoms with E-state index < -0.39 is 30.4 Å². The van der Waals surface area contributed by atoms with Gasteiger partial charge in [0.2, 0.25) is 11.6 Å². The Bertz CT molecular complexity index is 1700. The van der Waals surface area contributed by atoms with Gasteiger partial charge in [-0.05, 0) is 61.6 Å². The van der Waals surface area contributed by atoms with E-state index in [4.69, 9.17) is 9.15 Å². The van der Waals surface area contributed by atoms with Crippen molar-refractivity contribution in [3.8, 4) is 28.3 Å². The summed E-state index contributed by atoms with van der Waals surface area (Å²) in [5.41, 5.74) is 0.551. The van der Waals surface area contributed by atoms with E-state index in [-0.39, 0.29) is 56.4 Å². The van der Waals surface area contributed by atoms with Gasteiger partial charge in [0, 0.05) is 35.5 Å². The smallest absolute Gasteiger partial charge is 0.405 e. The molecule has 7 rings (SSSR count). The van der Waals surface area contributed by atoms with Gasteiger partial charge < -0.3 is 25.1 Å². The number of nitrogens with zero attached hydrogens (tertiary/aromatic N) is 2. The summed E-state index contributed by atoms with van der Waals surface area (Å²) in [5.74, 6) is -0.941. The molecule has 9 nitrogen and oxygen atoms in total. The highest BCUT2D eigenvalue weighted by Crippen LogP contribution is 2.57. The molecule has 42 heavy (non-hydrogen) atoms. The molecule has 218 valence electrons. The van der Waals surface area contributed by atoms with Crippen LogP contribution < -0.4 is 20.7 Å². The minimum absolute atomic E-state index is 0.0506. The van der Waals surface area contributed by atoms with Gasteiger partial charge in [0.1, 0.15) is 29.5 Å². The molecular formula is C29H25F4N5O4. The normalized spacial score (nSPS) is 19.0. The number of amides is 2. The first-order valence-electron chi connectivity index (χ1n) is 13.1. The van der Waals surface area contributed by atoms with Crippen molar-refractivity contribution in [2.24, 2.45) is 5.92 Å². The highest BCUT2D eigenvalue weighted by molar-refractivity contribution is 6.11. The maximum absolute atomic E-state index is 13.6. The Kier molecular flexibility index (Phi) is 6.54. The number of pyridine rings is 2. The van der Waals surface area contributed by atoms with Crippen molar-refractivity contribution in [1.29, 1.82) is 0 Å². The zero-order valence-corrected chi connectivity index (χ0v) is 22.5. The average Bonchev–Trinajstić information content (AvgIpc) is 3.30. The third kappa shape index (κ3) is 4.88. The Morgan fingerprint density at radius 3 is 2.40 bits per heavy atom. The molecule has 2 bridgehead atoms. The lowest BCUT2D eigenvalue weighted by atomic mass is 9.50. The second-order valence-corrected chi connectivity index (χ2v) is 10.6. The SMILES string of the molecule is CNC(=O)c1c(-c2ccc(F)cc2)oc2nc(NCC(F)(F)F)c(-c3cnc(OC)c(C(=O)NC45CC(C4)C5)c3)cc12. The number of methoxy groups -OCH3 is 1. The molecular weight excluding hydrogens is 558 g/mol. The van der Waals surface area contributed by atoms with Crippen LogP contribution in [0.2, 0.25) is 0 Å². The lowest BCUT2D eigenvalue weighted by Crippen LogP contribution is -2.68. The average molecular weight is 584 g/mol. The number of furan rings is 1. The Labute approximate surface area is 236 Å². The van der Waals surface area contributed by atoms with Gasteiger partial charge in [-0.3, -0.25) is 9.59 Å². The van der Waals surface area contributed by atoms with E-state index in [0.29, 0.717) is 11.5 Å². The zero-order valence-electron chi connectivity index (χ0n) is 22.5. The monoisotopic (exact) mass is 583 g/mol. The van der Waals surface area contributed by atoms with E-state index in [1.807, 2.05) is 0 Å². The van der Waals surface area contributed by atoms with E-state index in [9.17, 15) is 27.2 Å². The van der Waals surface area contributed by atoms with Gasteiger partial charge in [0.25, 0.3) is 11.8 Å². The summed E-state index contributed by atoms with van der Waals surface area (Å²) in [6.45, 7) is -1.41. The van der Waals surface area contributed by atoms with Crippen LogP contribution in [0.3, 0.4) is 0 Å². The topological polar surface area (TPSA) is 118 Å². The van der Waals surface area contributed by atoms with Gasteiger partial charge in [-0.25, -0.2) is 9.37 Å². The van der Waals surface area contributed by atoms with Crippen LogP contribution in [0.15, 0.2) is 47.0 Å². The third-order valence-electron chi connectivity index (χ3n) is 7.72. The third-order valence-corrected chi connectivity index (χ3v) is 7.72. The molecule has 2 amide bonds. The Morgan fingerprint density at radius 1 is 1.10 bits per heavy atom. The fourth-order valence-corrected chi connectivity index (χ4v) is 5.58. The number of nitrogens with one attached hydrogen (secondary N) is 3. The van der Waals surface area contributed by atoms with E-state index >= 15 is 0 Å². The van der Waals surface area contributed by atoms with Gasteiger partial charge in [-0.15, -0.1) is 0 Å². The van der Waals surface area contributed by atoms with Gasteiger partial charge in [-0.2, -0.15) is 18.2 Å². The number of anilines is 1. The van der Waals surface area contributed by atoms with Crippen LogP contribution in [0.25, 0.3) is 33.6 Å². The number of benzene rings is 1. The fraction of sp³-hybridized carbons (Fsp3) is 0.310. The summed E-state index contributed by atoms with van der Waals surface area (Å²) in [5, 5.41) is 8.06. The number of rotatable bonds is 8. The number of carbonyl (C=O) groups excluding carboxylic acids is 2. The number of aromatic nitrogens is 2. The predicted octanol–water partition coefficient (Wildman–Crippen LogP) is 5.32. The lowest BCUT2D eigenvalue weighted by Gasteiger charge is -2.61. The summed E-state index contributed by atoms with van der Waals surface area (Å²) in [7, 11) is 2.77. The Balaban J connectivity index is 1.51. The zero-order chi connectivity index (χ0) is 29.8. The molecule has 1 aromatic carbocycles. The Hall–Kier alpha value is -4.68. The van der Waals surface area contributed by atoms with E-state index in [0.717, 1.165) is 19.3 Å². The van der Waals surface area contributed by atoms with Crippen molar-refractivity contribution in [2.45, 2.75) is 31.0 Å². The number of hydrogen-bond acceptors (Lipinski definition) is 7. The lowest BCUT2D eigenvalue weighted by molar-refractivity contribution is -0.115. The van der Waals surface area contributed by atoms with Crippen LogP contribution in [0.5, 0.6) is 5.88 Å². The van der Waals surface area contributed by atoms with Gasteiger partial charge in [0.05, 0.1) is 18.1 Å². The predicted molar refractivity (Wildman–Crippen MR) is 145 cm³/mol. The standard InChI is InChI=1S/C29H25F4N5O4/c1-34-25(40)21-19-8-18(16-7-20(26(41-2)35-12-16)24(39)38-28-9-14(10-28)11-28)23(36-13-29(31,32)33)37-27(19)42-22(21)15-3-5-17(30)6-4-15/h3-8,12,14H,9-11,13H2,1-2H3,(H,34,40)(H,36,37)(H,38,39).